The number of carbonyl (C=O) groups excluding carboxylic acids is 3. The topological polar surface area (TPSA) is 78.9 Å². The monoisotopic (exact) mass is 398 g/mol. The summed E-state index contributed by atoms with van der Waals surface area (Å²) in [6.45, 7) is 4.93. The van der Waals surface area contributed by atoms with E-state index >= 15 is 0 Å². The normalized spacial score (nSPS) is 15.8. The van der Waals surface area contributed by atoms with E-state index in [9.17, 15) is 14.4 Å². The molecule has 0 aliphatic rings. The number of hydrogen-bond donors (Lipinski definition) is 3. The molecule has 24 heavy (non-hydrogen) atoms. The number of hydrogen-bond acceptors (Lipinski definition) is 9. The van der Waals surface area contributed by atoms with Gasteiger partial charge in [-0.1, -0.05) is 20.8 Å². The number of ether oxygens (including phenoxy) is 3. The molecule has 0 aromatic heterocycles. The Labute approximate surface area is 159 Å². The molecule has 0 bridgehead atoms. The first-order valence-corrected chi connectivity index (χ1v) is 9.39. The largest absolute Gasteiger partial charge is 0.461 e. The lowest BCUT2D eigenvalue weighted by Gasteiger charge is -2.20. The number of rotatable bonds is 11. The van der Waals surface area contributed by atoms with Gasteiger partial charge in [-0.25, -0.2) is 0 Å². The van der Waals surface area contributed by atoms with Crippen molar-refractivity contribution in [3.05, 3.63) is 0 Å². The van der Waals surface area contributed by atoms with E-state index in [0.717, 1.165) is 0 Å². The van der Waals surface area contributed by atoms with Crippen molar-refractivity contribution < 1.29 is 28.6 Å². The van der Waals surface area contributed by atoms with Crippen molar-refractivity contribution in [2.75, 3.05) is 13.2 Å². The van der Waals surface area contributed by atoms with Crippen LogP contribution >= 0.6 is 37.9 Å². The summed E-state index contributed by atoms with van der Waals surface area (Å²) in [6.07, 6.45) is 0.597. The molecular weight excluding hydrogens is 372 g/mol. The van der Waals surface area contributed by atoms with Crippen molar-refractivity contribution in [3.63, 3.8) is 0 Å². The van der Waals surface area contributed by atoms with Gasteiger partial charge in [0, 0.05) is 0 Å². The number of thiol groups is 3. The summed E-state index contributed by atoms with van der Waals surface area (Å²) in [6, 6.07) is 0. The second-order valence-corrected chi connectivity index (χ2v) is 6.96. The molecule has 0 heterocycles. The van der Waals surface area contributed by atoms with Crippen molar-refractivity contribution in [1.82, 2.24) is 0 Å². The van der Waals surface area contributed by atoms with Crippen LogP contribution in [0.2, 0.25) is 0 Å². The van der Waals surface area contributed by atoms with Gasteiger partial charge in [0.2, 0.25) is 0 Å². The van der Waals surface area contributed by atoms with Crippen LogP contribution in [-0.2, 0) is 28.6 Å². The maximum Gasteiger partial charge on any atom is 0.319 e. The Bertz CT molecular complexity index is 392. The van der Waals surface area contributed by atoms with Gasteiger partial charge in [0.15, 0.2) is 6.10 Å². The lowest BCUT2D eigenvalue weighted by molar-refractivity contribution is -0.166. The van der Waals surface area contributed by atoms with Crippen LogP contribution in [0.3, 0.4) is 0 Å². The van der Waals surface area contributed by atoms with E-state index in [2.05, 4.69) is 37.9 Å². The highest BCUT2D eigenvalue weighted by molar-refractivity contribution is 7.82. The molecular formula is C15H26O6S3. The van der Waals surface area contributed by atoms with Crippen LogP contribution in [0.4, 0.5) is 0 Å². The zero-order valence-corrected chi connectivity index (χ0v) is 16.8. The fourth-order valence-electron chi connectivity index (χ4n) is 1.40. The summed E-state index contributed by atoms with van der Waals surface area (Å²) in [5, 5.41) is -1.71. The summed E-state index contributed by atoms with van der Waals surface area (Å²) in [5.41, 5.74) is 0. The van der Waals surface area contributed by atoms with Crippen LogP contribution in [0.1, 0.15) is 40.0 Å². The van der Waals surface area contributed by atoms with E-state index in [0.29, 0.717) is 19.3 Å². The first-order chi connectivity index (χ1) is 11.3. The lowest BCUT2D eigenvalue weighted by Crippen LogP contribution is -2.35. The quantitative estimate of drug-likeness (QED) is 0.281. The molecule has 0 aromatic carbocycles. The molecule has 0 amide bonds. The van der Waals surface area contributed by atoms with Crippen LogP contribution < -0.4 is 0 Å². The molecule has 3 atom stereocenters. The van der Waals surface area contributed by atoms with Gasteiger partial charge in [-0.3, -0.25) is 14.4 Å². The highest BCUT2D eigenvalue weighted by atomic mass is 32.1. The second kappa shape index (κ2) is 12.8. The van der Waals surface area contributed by atoms with E-state index in [4.69, 9.17) is 14.2 Å². The Kier molecular flexibility index (Phi) is 12.5. The summed E-state index contributed by atoms with van der Waals surface area (Å²) in [7, 11) is 0. The van der Waals surface area contributed by atoms with Crippen LogP contribution in [0.15, 0.2) is 0 Å². The minimum atomic E-state index is -0.902. The van der Waals surface area contributed by atoms with Crippen molar-refractivity contribution in [2.45, 2.75) is 61.9 Å². The molecule has 9 heteroatoms. The van der Waals surface area contributed by atoms with Gasteiger partial charge >= 0.3 is 17.9 Å². The third-order valence-electron chi connectivity index (χ3n) is 3.08. The first-order valence-electron chi connectivity index (χ1n) is 7.84. The van der Waals surface area contributed by atoms with E-state index in [1.54, 1.807) is 20.8 Å². The molecule has 6 nitrogen and oxygen atoms in total. The molecule has 3 unspecified atom stereocenters. The van der Waals surface area contributed by atoms with Crippen molar-refractivity contribution >= 4 is 55.8 Å². The maximum atomic E-state index is 11.8. The van der Waals surface area contributed by atoms with Gasteiger partial charge in [0.1, 0.15) is 13.2 Å². The Morgan fingerprint density at radius 1 is 0.708 bits per heavy atom. The SMILES string of the molecule is CCC(S)C(=O)OCC(COC(=O)C(S)CC)OC(=O)C(S)CC. The molecule has 0 aliphatic carbocycles. The summed E-state index contributed by atoms with van der Waals surface area (Å²) >= 11 is 12.3. The van der Waals surface area contributed by atoms with Gasteiger partial charge in [0.05, 0.1) is 15.7 Å². The third-order valence-corrected chi connectivity index (χ3v) is 4.81. The fourth-order valence-corrected chi connectivity index (χ4v) is 1.61. The molecule has 0 radical (unpaired) electrons. The molecule has 0 aromatic rings. The Balaban J connectivity index is 4.67. The summed E-state index contributed by atoms with van der Waals surface area (Å²) in [5.74, 6) is -1.60. The lowest BCUT2D eigenvalue weighted by atomic mass is 10.3. The van der Waals surface area contributed by atoms with Gasteiger partial charge in [0.25, 0.3) is 0 Å². The van der Waals surface area contributed by atoms with Crippen molar-refractivity contribution in [1.29, 1.82) is 0 Å². The standard InChI is InChI=1S/C15H26O6S3/c1-4-10(22)13(16)19-7-9(21-15(18)12(24)6-3)8-20-14(17)11(23)5-2/h9-12,22-24H,4-8H2,1-3H3. The van der Waals surface area contributed by atoms with Crippen LogP contribution in [0.5, 0.6) is 0 Å². The molecule has 0 saturated heterocycles. The zero-order valence-electron chi connectivity index (χ0n) is 14.1. The molecule has 0 N–H and O–H groups in total. The highest BCUT2D eigenvalue weighted by Crippen LogP contribution is 2.10. The van der Waals surface area contributed by atoms with Crippen LogP contribution in [0, 0.1) is 0 Å². The minimum Gasteiger partial charge on any atom is -0.461 e. The molecule has 0 aliphatic heterocycles. The van der Waals surface area contributed by atoms with E-state index in [1.165, 1.54) is 0 Å². The van der Waals surface area contributed by atoms with Gasteiger partial charge < -0.3 is 14.2 Å². The van der Waals surface area contributed by atoms with E-state index in [1.807, 2.05) is 0 Å². The molecule has 0 rings (SSSR count). The van der Waals surface area contributed by atoms with Gasteiger partial charge in [-0.05, 0) is 19.3 Å². The van der Waals surface area contributed by atoms with Crippen LogP contribution in [-0.4, -0.2) is 53.0 Å². The van der Waals surface area contributed by atoms with E-state index < -0.39 is 39.8 Å². The predicted octanol–water partition coefficient (Wildman–Crippen LogP) is 2.11. The molecule has 0 spiro atoms. The first kappa shape index (κ1) is 23.5. The Morgan fingerprint density at radius 2 is 1.04 bits per heavy atom. The Hall–Kier alpha value is -0.540. The minimum absolute atomic E-state index is 0.220. The smallest absolute Gasteiger partial charge is 0.319 e. The average molecular weight is 399 g/mol. The second-order valence-electron chi connectivity index (χ2n) is 5.09. The van der Waals surface area contributed by atoms with Gasteiger partial charge in [-0.15, -0.1) is 0 Å². The van der Waals surface area contributed by atoms with E-state index in [-0.39, 0.29) is 13.2 Å². The highest BCUT2D eigenvalue weighted by Gasteiger charge is 2.24. The van der Waals surface area contributed by atoms with Gasteiger partial charge in [-0.2, -0.15) is 37.9 Å². The third kappa shape index (κ3) is 9.08. The van der Waals surface area contributed by atoms with Crippen molar-refractivity contribution in [2.24, 2.45) is 0 Å². The Morgan fingerprint density at radius 3 is 1.38 bits per heavy atom. The number of esters is 3. The average Bonchev–Trinajstić information content (AvgIpc) is 2.60. The summed E-state index contributed by atoms with van der Waals surface area (Å²) < 4.78 is 15.3. The number of carbonyl (C=O) groups is 3. The maximum absolute atomic E-state index is 11.8. The fraction of sp³-hybridized carbons (Fsp3) is 0.800. The summed E-state index contributed by atoms with van der Waals surface area (Å²) in [4.78, 5) is 35.2. The van der Waals surface area contributed by atoms with Crippen molar-refractivity contribution in [3.8, 4) is 0 Å². The molecule has 140 valence electrons. The van der Waals surface area contributed by atoms with Crippen LogP contribution in [0.25, 0.3) is 0 Å². The molecule has 0 saturated carbocycles. The molecule has 0 fully saturated rings. The zero-order chi connectivity index (χ0) is 18.7. The predicted molar refractivity (Wildman–Crippen MR) is 101 cm³/mol.